The van der Waals surface area contributed by atoms with Crippen molar-refractivity contribution in [2.24, 2.45) is 0 Å². The van der Waals surface area contributed by atoms with Crippen LogP contribution in [0.25, 0.3) is 0 Å². The molecule has 9 heteroatoms. The molecule has 3 rings (SSSR count). The molecule has 1 aromatic heterocycles. The van der Waals surface area contributed by atoms with Crippen LogP contribution in [0.1, 0.15) is 15.2 Å². The van der Waals surface area contributed by atoms with E-state index >= 15 is 0 Å². The van der Waals surface area contributed by atoms with Gasteiger partial charge < -0.3 is 4.74 Å². The molecule has 1 amide bonds. The van der Waals surface area contributed by atoms with Gasteiger partial charge in [-0.1, -0.05) is 30.3 Å². The number of ether oxygens (including phenoxy) is 1. The summed E-state index contributed by atoms with van der Waals surface area (Å²) in [6, 6.07) is 10.8. The minimum atomic E-state index is -3.72. The lowest BCUT2D eigenvalue weighted by Gasteiger charge is -2.25. The number of rotatable bonds is 6. The number of carbonyl (C=O) groups excluding carboxylic acids is 1. The molecule has 0 bridgehead atoms. The average Bonchev–Trinajstić information content (AvgIpc) is 3.14. The van der Waals surface area contributed by atoms with Crippen LogP contribution in [0.3, 0.4) is 0 Å². The third-order valence-corrected chi connectivity index (χ3v) is 6.65. The molecule has 0 unspecified atom stereocenters. The second-order valence-corrected chi connectivity index (χ2v) is 8.16. The zero-order valence-corrected chi connectivity index (χ0v) is 15.0. The Morgan fingerprint density at radius 2 is 1.92 bits per heavy atom. The highest BCUT2D eigenvalue weighted by atomic mass is 32.2. The first-order chi connectivity index (χ1) is 12.1. The van der Waals surface area contributed by atoms with Gasteiger partial charge in [0.1, 0.15) is 9.77 Å². The lowest BCUT2D eigenvalue weighted by atomic mass is 10.2. The summed E-state index contributed by atoms with van der Waals surface area (Å²) in [5.41, 5.74) is 3.21. The molecular formula is C16H18N2O5S2. The third-order valence-electron chi connectivity index (χ3n) is 3.67. The van der Waals surface area contributed by atoms with E-state index in [-0.39, 0.29) is 29.5 Å². The maximum Gasteiger partial charge on any atom is 0.286 e. The molecule has 1 fully saturated rings. The minimum Gasteiger partial charge on any atom is -0.379 e. The predicted octanol–water partition coefficient (Wildman–Crippen LogP) is 1.63. The lowest BCUT2D eigenvalue weighted by molar-refractivity contribution is 0.0234. The molecule has 0 radical (unpaired) electrons. The van der Waals surface area contributed by atoms with E-state index in [9.17, 15) is 13.2 Å². The SMILES string of the molecule is O=C(NOCc1ccccc1)c1sccc1S(=O)(=O)N1CCOCC1. The fraction of sp³-hybridized carbons (Fsp3) is 0.312. The maximum atomic E-state index is 12.7. The van der Waals surface area contributed by atoms with E-state index in [1.165, 1.54) is 10.4 Å². The summed E-state index contributed by atoms with van der Waals surface area (Å²) >= 11 is 1.07. The zero-order chi connectivity index (χ0) is 17.7. The quantitative estimate of drug-likeness (QED) is 0.768. The van der Waals surface area contributed by atoms with Crippen LogP contribution in [0.4, 0.5) is 0 Å². The topological polar surface area (TPSA) is 84.9 Å². The monoisotopic (exact) mass is 382 g/mol. The second kappa shape index (κ2) is 8.07. The number of amides is 1. The van der Waals surface area contributed by atoms with Crippen molar-refractivity contribution in [1.29, 1.82) is 0 Å². The highest BCUT2D eigenvalue weighted by Crippen LogP contribution is 2.25. The Labute approximate surface area is 150 Å². The van der Waals surface area contributed by atoms with Crippen LogP contribution >= 0.6 is 11.3 Å². The minimum absolute atomic E-state index is 0.000195. The standard InChI is InChI=1S/C16H18N2O5S2/c19-16(17-23-12-13-4-2-1-3-5-13)15-14(6-11-24-15)25(20,21)18-7-9-22-10-8-18/h1-6,11H,7-10,12H2,(H,17,19). The number of nitrogens with zero attached hydrogens (tertiary/aromatic N) is 1. The highest BCUT2D eigenvalue weighted by molar-refractivity contribution is 7.89. The number of morpholine rings is 1. The van der Waals surface area contributed by atoms with Crippen molar-refractivity contribution in [1.82, 2.24) is 9.79 Å². The fourth-order valence-electron chi connectivity index (χ4n) is 2.40. The van der Waals surface area contributed by atoms with Gasteiger partial charge in [0.2, 0.25) is 10.0 Å². The molecule has 2 aromatic rings. The van der Waals surface area contributed by atoms with Gasteiger partial charge in [0.05, 0.1) is 19.8 Å². The Kier molecular flexibility index (Phi) is 5.82. The van der Waals surface area contributed by atoms with Gasteiger partial charge in [-0.2, -0.15) is 4.31 Å². The number of thiophene rings is 1. The number of hydrogen-bond acceptors (Lipinski definition) is 6. The van der Waals surface area contributed by atoms with E-state index in [1.807, 2.05) is 30.3 Å². The molecule has 0 atom stereocenters. The molecule has 0 saturated carbocycles. The fourth-order valence-corrected chi connectivity index (χ4v) is 5.09. The molecule has 1 N–H and O–H groups in total. The van der Waals surface area contributed by atoms with Crippen LogP contribution in [-0.4, -0.2) is 44.9 Å². The molecule has 1 aliphatic heterocycles. The summed E-state index contributed by atoms with van der Waals surface area (Å²) in [6.07, 6.45) is 0. The molecule has 25 heavy (non-hydrogen) atoms. The molecule has 1 aromatic carbocycles. The van der Waals surface area contributed by atoms with Crippen LogP contribution in [0.15, 0.2) is 46.7 Å². The van der Waals surface area contributed by atoms with Crippen molar-refractivity contribution >= 4 is 27.3 Å². The second-order valence-electron chi connectivity index (χ2n) is 5.34. The van der Waals surface area contributed by atoms with E-state index in [2.05, 4.69) is 5.48 Å². The van der Waals surface area contributed by atoms with Crippen molar-refractivity contribution in [3.8, 4) is 0 Å². The van der Waals surface area contributed by atoms with Gasteiger partial charge >= 0.3 is 0 Å². The van der Waals surface area contributed by atoms with Gasteiger partial charge in [-0.3, -0.25) is 9.63 Å². The van der Waals surface area contributed by atoms with Crippen molar-refractivity contribution in [3.63, 3.8) is 0 Å². The van der Waals surface area contributed by atoms with Gasteiger partial charge in [-0.25, -0.2) is 13.9 Å². The largest absolute Gasteiger partial charge is 0.379 e. The molecule has 2 heterocycles. The van der Waals surface area contributed by atoms with Crippen molar-refractivity contribution in [2.45, 2.75) is 11.5 Å². The Morgan fingerprint density at radius 1 is 1.20 bits per heavy atom. The van der Waals surface area contributed by atoms with Gasteiger partial charge in [-0.05, 0) is 17.0 Å². The number of nitrogens with one attached hydrogen (secondary N) is 1. The van der Waals surface area contributed by atoms with Gasteiger partial charge in [-0.15, -0.1) is 11.3 Å². The zero-order valence-electron chi connectivity index (χ0n) is 13.4. The lowest BCUT2D eigenvalue weighted by Crippen LogP contribution is -2.41. The number of carbonyl (C=O) groups is 1. The normalized spacial score (nSPS) is 15.8. The van der Waals surface area contributed by atoms with E-state index in [4.69, 9.17) is 9.57 Å². The van der Waals surface area contributed by atoms with E-state index < -0.39 is 15.9 Å². The van der Waals surface area contributed by atoms with Crippen LogP contribution in [0.5, 0.6) is 0 Å². The maximum absolute atomic E-state index is 12.7. The number of sulfonamides is 1. The van der Waals surface area contributed by atoms with Crippen LogP contribution < -0.4 is 5.48 Å². The van der Waals surface area contributed by atoms with Gasteiger partial charge in [0.25, 0.3) is 5.91 Å². The first-order valence-corrected chi connectivity index (χ1v) is 10.0. The summed E-state index contributed by atoms with van der Waals surface area (Å²) in [7, 11) is -3.72. The first kappa shape index (κ1) is 18.0. The summed E-state index contributed by atoms with van der Waals surface area (Å²) in [4.78, 5) is 17.6. The molecule has 0 spiro atoms. The molecule has 134 valence electrons. The number of hydrogen-bond donors (Lipinski definition) is 1. The summed E-state index contributed by atoms with van der Waals surface area (Å²) in [5.74, 6) is -0.572. The van der Waals surface area contributed by atoms with E-state index in [0.29, 0.717) is 13.2 Å². The van der Waals surface area contributed by atoms with E-state index in [1.54, 1.807) is 5.38 Å². The van der Waals surface area contributed by atoms with Gasteiger partial charge in [0.15, 0.2) is 0 Å². The molecule has 1 saturated heterocycles. The van der Waals surface area contributed by atoms with Crippen LogP contribution in [0.2, 0.25) is 0 Å². The third kappa shape index (κ3) is 4.25. The van der Waals surface area contributed by atoms with E-state index in [0.717, 1.165) is 16.9 Å². The summed E-state index contributed by atoms with van der Waals surface area (Å²) < 4.78 is 32.0. The van der Waals surface area contributed by atoms with Gasteiger partial charge in [0, 0.05) is 13.1 Å². The Bertz CT molecular complexity index is 814. The Hall–Kier alpha value is -1.78. The number of benzene rings is 1. The van der Waals surface area contributed by atoms with Crippen molar-refractivity contribution in [2.75, 3.05) is 26.3 Å². The average molecular weight is 382 g/mol. The predicted molar refractivity (Wildman–Crippen MR) is 92.6 cm³/mol. The summed E-state index contributed by atoms with van der Waals surface area (Å²) in [6.45, 7) is 1.47. The molecule has 7 nitrogen and oxygen atoms in total. The van der Waals surface area contributed by atoms with Crippen molar-refractivity contribution in [3.05, 3.63) is 52.2 Å². The Balaban J connectivity index is 1.67. The summed E-state index contributed by atoms with van der Waals surface area (Å²) in [5, 5.41) is 1.58. The Morgan fingerprint density at radius 3 is 2.64 bits per heavy atom. The molecule has 0 aliphatic carbocycles. The van der Waals surface area contributed by atoms with Crippen LogP contribution in [-0.2, 0) is 26.2 Å². The molecular weight excluding hydrogens is 364 g/mol. The first-order valence-electron chi connectivity index (χ1n) is 7.70. The van der Waals surface area contributed by atoms with Crippen LogP contribution in [0, 0.1) is 0 Å². The smallest absolute Gasteiger partial charge is 0.286 e. The number of hydroxylamine groups is 1. The highest BCUT2D eigenvalue weighted by Gasteiger charge is 2.31. The molecule has 1 aliphatic rings. The van der Waals surface area contributed by atoms with Crippen molar-refractivity contribution < 1.29 is 22.8 Å².